The van der Waals surface area contributed by atoms with E-state index in [1.165, 1.54) is 11.8 Å². The first-order valence-corrected chi connectivity index (χ1v) is 11.9. The van der Waals surface area contributed by atoms with E-state index < -0.39 is 11.2 Å². The Hall–Kier alpha value is -2.38. The fourth-order valence-electron chi connectivity index (χ4n) is 3.88. The van der Waals surface area contributed by atoms with E-state index in [0.29, 0.717) is 29.7 Å². The van der Waals surface area contributed by atoms with Crippen LogP contribution in [-0.2, 0) is 9.59 Å². The lowest BCUT2D eigenvalue weighted by Crippen LogP contribution is -2.40. The van der Waals surface area contributed by atoms with E-state index in [4.69, 9.17) is 21.1 Å². The molecule has 0 saturated heterocycles. The SMILES string of the molecule is CCOc1cccc(C2SC(CC(=O)O)C(=O)N(CC(C)C)c3ccc(Cl)cc32)c1OC. The van der Waals surface area contributed by atoms with Crippen molar-refractivity contribution < 1.29 is 24.2 Å². The van der Waals surface area contributed by atoms with E-state index in [9.17, 15) is 14.7 Å². The Balaban J connectivity index is 2.24. The van der Waals surface area contributed by atoms with E-state index in [1.54, 1.807) is 18.1 Å². The van der Waals surface area contributed by atoms with Crippen molar-refractivity contribution in [3.63, 3.8) is 0 Å². The zero-order chi connectivity index (χ0) is 23.4. The number of fused-ring (bicyclic) bond motifs is 1. The number of ether oxygens (including phenoxy) is 2. The van der Waals surface area contributed by atoms with Gasteiger partial charge in [0, 0.05) is 22.8 Å². The van der Waals surface area contributed by atoms with Gasteiger partial charge in [0.25, 0.3) is 0 Å². The van der Waals surface area contributed by atoms with E-state index in [0.717, 1.165) is 16.8 Å². The molecule has 3 rings (SSSR count). The lowest BCUT2D eigenvalue weighted by molar-refractivity contribution is -0.138. The Morgan fingerprint density at radius 3 is 2.62 bits per heavy atom. The highest BCUT2D eigenvalue weighted by Gasteiger charge is 2.39. The van der Waals surface area contributed by atoms with Crippen molar-refractivity contribution in [3.8, 4) is 11.5 Å². The second-order valence-corrected chi connectivity index (χ2v) is 9.71. The van der Waals surface area contributed by atoms with Gasteiger partial charge in [-0.05, 0) is 42.7 Å². The average molecular weight is 478 g/mol. The summed E-state index contributed by atoms with van der Waals surface area (Å²) in [5, 5.41) is 8.94. The predicted octanol–water partition coefficient (Wildman–Crippen LogP) is 5.42. The Morgan fingerprint density at radius 2 is 2.00 bits per heavy atom. The molecule has 1 heterocycles. The molecule has 8 heteroatoms. The van der Waals surface area contributed by atoms with Crippen LogP contribution in [0.4, 0.5) is 5.69 Å². The Kier molecular flexibility index (Phi) is 7.96. The fraction of sp³-hybridized carbons (Fsp3) is 0.417. The van der Waals surface area contributed by atoms with Gasteiger partial charge in [0.2, 0.25) is 5.91 Å². The number of anilines is 1. The second kappa shape index (κ2) is 10.5. The molecule has 0 aromatic heterocycles. The maximum Gasteiger partial charge on any atom is 0.305 e. The highest BCUT2D eigenvalue weighted by Crippen LogP contribution is 2.51. The van der Waals surface area contributed by atoms with Crippen molar-refractivity contribution in [3.05, 3.63) is 52.5 Å². The number of para-hydroxylation sites is 1. The number of thioether (sulfide) groups is 1. The highest BCUT2D eigenvalue weighted by atomic mass is 35.5. The molecule has 2 unspecified atom stereocenters. The zero-order valence-corrected chi connectivity index (χ0v) is 20.2. The maximum atomic E-state index is 13.5. The first-order chi connectivity index (χ1) is 15.3. The molecule has 32 heavy (non-hydrogen) atoms. The molecule has 2 aromatic rings. The third-order valence-electron chi connectivity index (χ3n) is 5.11. The standard InChI is InChI=1S/C24H28ClNO5S/c1-5-31-19-8-6-7-16(22(19)30-4)23-17-11-15(25)9-10-18(17)26(13-14(2)3)24(29)20(32-23)12-21(27)28/h6-11,14,20,23H,5,12-13H2,1-4H3,(H,27,28). The summed E-state index contributed by atoms with van der Waals surface area (Å²) in [7, 11) is 1.58. The summed E-state index contributed by atoms with van der Waals surface area (Å²) >= 11 is 7.70. The van der Waals surface area contributed by atoms with Gasteiger partial charge >= 0.3 is 5.97 Å². The van der Waals surface area contributed by atoms with Crippen LogP contribution < -0.4 is 14.4 Å². The number of carbonyl (C=O) groups is 2. The molecule has 172 valence electrons. The Bertz CT molecular complexity index is 996. The number of aliphatic carboxylic acids is 1. The molecular formula is C24H28ClNO5S. The van der Waals surface area contributed by atoms with E-state index >= 15 is 0 Å². The summed E-state index contributed by atoms with van der Waals surface area (Å²) in [4.78, 5) is 26.9. The Labute approximate surface area is 197 Å². The maximum absolute atomic E-state index is 13.5. The van der Waals surface area contributed by atoms with Crippen LogP contribution in [0.2, 0.25) is 5.02 Å². The van der Waals surface area contributed by atoms with Crippen LogP contribution in [0.1, 0.15) is 43.6 Å². The van der Waals surface area contributed by atoms with Crippen LogP contribution in [0.5, 0.6) is 11.5 Å². The smallest absolute Gasteiger partial charge is 0.305 e. The topological polar surface area (TPSA) is 76.1 Å². The highest BCUT2D eigenvalue weighted by molar-refractivity contribution is 8.01. The molecule has 0 saturated carbocycles. The number of methoxy groups -OCH3 is 1. The molecule has 1 N–H and O–H groups in total. The first kappa shape index (κ1) is 24.3. The number of carboxylic acid groups (broad SMARTS) is 1. The minimum atomic E-state index is -1.02. The second-order valence-electron chi connectivity index (χ2n) is 7.96. The number of benzene rings is 2. The van der Waals surface area contributed by atoms with Crippen LogP contribution in [-0.4, -0.2) is 42.5 Å². The van der Waals surface area contributed by atoms with Crippen LogP contribution in [0.3, 0.4) is 0 Å². The number of carboxylic acids is 1. The van der Waals surface area contributed by atoms with E-state index in [-0.39, 0.29) is 23.5 Å². The zero-order valence-electron chi connectivity index (χ0n) is 18.6. The molecular weight excluding hydrogens is 450 g/mol. The molecule has 0 spiro atoms. The van der Waals surface area contributed by atoms with E-state index in [2.05, 4.69) is 0 Å². The number of hydrogen-bond acceptors (Lipinski definition) is 5. The number of hydrogen-bond donors (Lipinski definition) is 1. The lowest BCUT2D eigenvalue weighted by atomic mass is 9.99. The van der Waals surface area contributed by atoms with Gasteiger partial charge in [-0.3, -0.25) is 9.59 Å². The molecule has 2 atom stereocenters. The quantitative estimate of drug-likeness (QED) is 0.547. The van der Waals surface area contributed by atoms with Gasteiger partial charge in [-0.15, -0.1) is 11.8 Å². The van der Waals surface area contributed by atoms with Crippen molar-refractivity contribution in [2.45, 2.75) is 37.7 Å². The summed E-state index contributed by atoms with van der Waals surface area (Å²) in [6.45, 7) is 6.90. The minimum absolute atomic E-state index is 0.199. The van der Waals surface area contributed by atoms with Gasteiger partial charge in [0.05, 0.1) is 30.6 Å². The van der Waals surface area contributed by atoms with Gasteiger partial charge in [-0.25, -0.2) is 0 Å². The van der Waals surface area contributed by atoms with Crippen LogP contribution >= 0.6 is 23.4 Å². The molecule has 2 aromatic carbocycles. The van der Waals surface area contributed by atoms with Crippen molar-refractivity contribution in [2.75, 3.05) is 25.2 Å². The van der Waals surface area contributed by atoms with Gasteiger partial charge in [0.1, 0.15) is 0 Å². The van der Waals surface area contributed by atoms with Crippen molar-refractivity contribution in [1.29, 1.82) is 0 Å². The summed E-state index contributed by atoms with van der Waals surface area (Å²) in [5.74, 6) is 0.137. The third kappa shape index (κ3) is 5.15. The average Bonchev–Trinajstić information content (AvgIpc) is 2.83. The van der Waals surface area contributed by atoms with Gasteiger partial charge in [-0.1, -0.05) is 37.6 Å². The first-order valence-electron chi connectivity index (χ1n) is 10.5. The molecule has 0 radical (unpaired) electrons. The largest absolute Gasteiger partial charge is 0.493 e. The van der Waals surface area contributed by atoms with Crippen molar-refractivity contribution in [2.24, 2.45) is 5.92 Å². The monoisotopic (exact) mass is 477 g/mol. The molecule has 0 aliphatic carbocycles. The normalized spacial score (nSPS) is 18.3. The van der Waals surface area contributed by atoms with Gasteiger partial charge in [-0.2, -0.15) is 0 Å². The van der Waals surface area contributed by atoms with Crippen molar-refractivity contribution >= 4 is 40.9 Å². The van der Waals surface area contributed by atoms with Gasteiger partial charge < -0.3 is 19.5 Å². The predicted molar refractivity (Wildman–Crippen MR) is 128 cm³/mol. The van der Waals surface area contributed by atoms with E-state index in [1.807, 2.05) is 51.1 Å². The van der Waals surface area contributed by atoms with Crippen LogP contribution in [0.25, 0.3) is 0 Å². The molecule has 1 amide bonds. The minimum Gasteiger partial charge on any atom is -0.493 e. The van der Waals surface area contributed by atoms with Crippen LogP contribution in [0, 0.1) is 5.92 Å². The van der Waals surface area contributed by atoms with Crippen molar-refractivity contribution in [1.82, 2.24) is 0 Å². The summed E-state index contributed by atoms with van der Waals surface area (Å²) in [6, 6.07) is 11.1. The third-order valence-corrected chi connectivity index (χ3v) is 6.82. The van der Waals surface area contributed by atoms with Gasteiger partial charge in [0.15, 0.2) is 11.5 Å². The molecule has 6 nitrogen and oxygen atoms in total. The summed E-state index contributed by atoms with van der Waals surface area (Å²) in [6.07, 6.45) is -0.274. The molecule has 0 bridgehead atoms. The summed E-state index contributed by atoms with van der Waals surface area (Å²) in [5.41, 5.74) is 2.39. The number of rotatable bonds is 8. The number of nitrogens with zero attached hydrogens (tertiary/aromatic N) is 1. The molecule has 0 fully saturated rings. The fourth-order valence-corrected chi connectivity index (χ4v) is 5.54. The Morgan fingerprint density at radius 1 is 1.25 bits per heavy atom. The number of carbonyl (C=O) groups excluding carboxylic acids is 1. The lowest BCUT2D eigenvalue weighted by Gasteiger charge is -2.27. The van der Waals surface area contributed by atoms with Crippen LogP contribution in [0.15, 0.2) is 36.4 Å². The molecule has 1 aliphatic heterocycles. The number of halogens is 1. The summed E-state index contributed by atoms with van der Waals surface area (Å²) < 4.78 is 11.5. The number of amides is 1. The molecule has 1 aliphatic rings.